The fourth-order valence-electron chi connectivity index (χ4n) is 1.75. The van der Waals surface area contributed by atoms with Gasteiger partial charge in [0.25, 0.3) is 0 Å². The zero-order valence-corrected chi connectivity index (χ0v) is 10.8. The highest BCUT2D eigenvalue weighted by atomic mass is 19.1. The molecule has 0 bridgehead atoms. The minimum Gasteiger partial charge on any atom is -0.463 e. The summed E-state index contributed by atoms with van der Waals surface area (Å²) in [6, 6.07) is 4.52. The number of esters is 1. The van der Waals surface area contributed by atoms with E-state index >= 15 is 0 Å². The number of aryl methyl sites for hydroxylation is 1. The van der Waals surface area contributed by atoms with E-state index in [1.807, 2.05) is 0 Å². The molecule has 4 nitrogen and oxygen atoms in total. The van der Waals surface area contributed by atoms with E-state index in [9.17, 15) is 18.7 Å². The van der Waals surface area contributed by atoms with Crippen molar-refractivity contribution >= 4 is 5.97 Å². The Morgan fingerprint density at radius 2 is 2.00 bits per heavy atom. The molecular formula is C14H12F2O4. The summed E-state index contributed by atoms with van der Waals surface area (Å²) in [6.07, 6.45) is -1.44. The highest BCUT2D eigenvalue weighted by Crippen LogP contribution is 2.27. The third kappa shape index (κ3) is 2.55. The fourth-order valence-corrected chi connectivity index (χ4v) is 1.75. The highest BCUT2D eigenvalue weighted by molar-refractivity contribution is 5.86. The van der Waals surface area contributed by atoms with Crippen molar-refractivity contribution in [1.29, 1.82) is 0 Å². The summed E-state index contributed by atoms with van der Waals surface area (Å²) in [5.41, 5.74) is 0.0647. The van der Waals surface area contributed by atoms with E-state index in [1.54, 1.807) is 0 Å². The Labute approximate surface area is 113 Å². The van der Waals surface area contributed by atoms with Crippen molar-refractivity contribution in [3.63, 3.8) is 0 Å². The molecule has 2 rings (SSSR count). The molecule has 0 saturated carbocycles. The summed E-state index contributed by atoms with van der Waals surface area (Å²) in [5, 5.41) is 10.0. The lowest BCUT2D eigenvalue weighted by Gasteiger charge is -2.11. The predicted molar refractivity (Wildman–Crippen MR) is 65.2 cm³/mol. The second kappa shape index (κ2) is 5.42. The lowest BCUT2D eigenvalue weighted by Crippen LogP contribution is -2.04. The first-order valence-corrected chi connectivity index (χ1v) is 5.75. The molecule has 2 aromatic rings. The van der Waals surface area contributed by atoms with Crippen molar-refractivity contribution in [2.75, 3.05) is 7.11 Å². The third-order valence-corrected chi connectivity index (χ3v) is 2.86. The molecular weight excluding hydrogens is 270 g/mol. The van der Waals surface area contributed by atoms with Gasteiger partial charge in [0.05, 0.1) is 7.11 Å². The van der Waals surface area contributed by atoms with E-state index in [0.29, 0.717) is 6.07 Å². The highest BCUT2D eigenvalue weighted by Gasteiger charge is 2.22. The first-order chi connectivity index (χ1) is 9.43. The molecule has 20 heavy (non-hydrogen) atoms. The Morgan fingerprint density at radius 1 is 1.30 bits per heavy atom. The van der Waals surface area contributed by atoms with Gasteiger partial charge in [-0.15, -0.1) is 0 Å². The van der Waals surface area contributed by atoms with Gasteiger partial charge >= 0.3 is 5.97 Å². The number of furan rings is 1. The average Bonchev–Trinajstić information content (AvgIpc) is 2.91. The lowest BCUT2D eigenvalue weighted by molar-refractivity contribution is 0.0558. The molecule has 1 unspecified atom stereocenters. The normalized spacial score (nSPS) is 12.2. The topological polar surface area (TPSA) is 59.7 Å². The minimum atomic E-state index is -1.44. The van der Waals surface area contributed by atoms with Crippen molar-refractivity contribution in [1.82, 2.24) is 0 Å². The molecule has 0 fully saturated rings. The van der Waals surface area contributed by atoms with Crippen molar-refractivity contribution in [3.05, 3.63) is 58.5 Å². The second-order valence-corrected chi connectivity index (χ2v) is 4.22. The summed E-state index contributed by atoms with van der Waals surface area (Å²) < 4.78 is 36.4. The first-order valence-electron chi connectivity index (χ1n) is 5.75. The Balaban J connectivity index is 2.36. The maximum Gasteiger partial charge on any atom is 0.373 e. The summed E-state index contributed by atoms with van der Waals surface area (Å²) in [4.78, 5) is 11.2. The molecule has 0 saturated heterocycles. The molecule has 1 atom stereocenters. The summed E-state index contributed by atoms with van der Waals surface area (Å²) >= 11 is 0. The van der Waals surface area contributed by atoms with Crippen LogP contribution in [-0.2, 0) is 4.74 Å². The molecule has 6 heteroatoms. The molecule has 0 amide bonds. The van der Waals surface area contributed by atoms with Crippen LogP contribution in [-0.4, -0.2) is 18.2 Å². The van der Waals surface area contributed by atoms with Crippen LogP contribution in [0.25, 0.3) is 0 Å². The number of ether oxygens (including phenoxy) is 1. The van der Waals surface area contributed by atoms with E-state index in [2.05, 4.69) is 4.74 Å². The number of hydrogen-bond acceptors (Lipinski definition) is 4. The van der Waals surface area contributed by atoms with Gasteiger partial charge in [-0.25, -0.2) is 13.6 Å². The van der Waals surface area contributed by atoms with Gasteiger partial charge in [0.15, 0.2) is 0 Å². The van der Waals surface area contributed by atoms with Crippen LogP contribution in [0.15, 0.2) is 28.7 Å². The number of halogens is 2. The number of carbonyl (C=O) groups is 1. The van der Waals surface area contributed by atoms with Crippen molar-refractivity contribution in [2.45, 2.75) is 13.0 Å². The average molecular weight is 282 g/mol. The van der Waals surface area contributed by atoms with Gasteiger partial charge in [-0.05, 0) is 30.7 Å². The van der Waals surface area contributed by atoms with E-state index in [-0.39, 0.29) is 22.6 Å². The predicted octanol–water partition coefficient (Wildman–Crippen LogP) is 2.73. The zero-order chi connectivity index (χ0) is 14.9. The molecule has 0 radical (unpaired) electrons. The molecule has 106 valence electrons. The van der Waals surface area contributed by atoms with E-state index in [4.69, 9.17) is 4.42 Å². The smallest absolute Gasteiger partial charge is 0.373 e. The molecule has 1 aromatic heterocycles. The number of methoxy groups -OCH3 is 1. The molecule has 0 spiro atoms. The molecule has 1 heterocycles. The van der Waals surface area contributed by atoms with Gasteiger partial charge in [0.2, 0.25) is 5.76 Å². The molecule has 0 aliphatic rings. The van der Waals surface area contributed by atoms with E-state index in [1.165, 1.54) is 32.2 Å². The van der Waals surface area contributed by atoms with Gasteiger partial charge in [-0.3, -0.25) is 0 Å². The third-order valence-electron chi connectivity index (χ3n) is 2.86. The molecule has 0 aliphatic carbocycles. The number of hydrogen-bond donors (Lipinski definition) is 1. The van der Waals surface area contributed by atoms with E-state index < -0.39 is 23.7 Å². The SMILES string of the molecule is COC(=O)c1ccc(C(O)c2cc(C)c(F)cc2F)o1. The zero-order valence-electron chi connectivity index (χ0n) is 10.8. The van der Waals surface area contributed by atoms with Crippen molar-refractivity contribution in [2.24, 2.45) is 0 Å². The maximum atomic E-state index is 13.7. The summed E-state index contributed by atoms with van der Waals surface area (Å²) in [6.45, 7) is 1.45. The first kappa shape index (κ1) is 14.2. The number of aliphatic hydroxyl groups is 1. The van der Waals surface area contributed by atoms with Crippen LogP contribution in [0.4, 0.5) is 8.78 Å². The van der Waals surface area contributed by atoms with Crippen molar-refractivity contribution in [3.8, 4) is 0 Å². The molecule has 1 N–H and O–H groups in total. The summed E-state index contributed by atoms with van der Waals surface area (Å²) in [7, 11) is 1.18. The number of benzene rings is 1. The quantitative estimate of drug-likeness (QED) is 0.879. The van der Waals surface area contributed by atoms with Crippen molar-refractivity contribution < 1.29 is 27.8 Å². The Kier molecular flexibility index (Phi) is 3.85. The Hall–Kier alpha value is -2.21. The second-order valence-electron chi connectivity index (χ2n) is 4.22. The number of carbonyl (C=O) groups excluding carboxylic acids is 1. The van der Waals surface area contributed by atoms with Crippen LogP contribution >= 0.6 is 0 Å². The number of aliphatic hydroxyl groups excluding tert-OH is 1. The molecule has 1 aromatic carbocycles. The largest absolute Gasteiger partial charge is 0.463 e. The van der Waals surface area contributed by atoms with Gasteiger partial charge in [0.1, 0.15) is 23.5 Å². The van der Waals surface area contributed by atoms with Crippen LogP contribution in [0.3, 0.4) is 0 Å². The number of rotatable bonds is 3. The Morgan fingerprint density at radius 3 is 2.65 bits per heavy atom. The van der Waals surface area contributed by atoms with Gasteiger partial charge in [0, 0.05) is 11.6 Å². The van der Waals surface area contributed by atoms with Crippen LogP contribution < -0.4 is 0 Å². The maximum absolute atomic E-state index is 13.7. The van der Waals surface area contributed by atoms with Crippen LogP contribution in [0.2, 0.25) is 0 Å². The lowest BCUT2D eigenvalue weighted by atomic mass is 10.0. The summed E-state index contributed by atoms with van der Waals surface area (Å²) in [5.74, 6) is -2.44. The van der Waals surface area contributed by atoms with Gasteiger partial charge in [-0.1, -0.05) is 0 Å². The van der Waals surface area contributed by atoms with Gasteiger partial charge < -0.3 is 14.3 Å². The van der Waals surface area contributed by atoms with Gasteiger partial charge in [-0.2, -0.15) is 0 Å². The minimum absolute atomic E-state index is 0.0321. The standard InChI is InChI=1S/C14H12F2O4/c1-7-5-8(10(16)6-9(7)15)13(17)11-3-4-12(20-11)14(18)19-2/h3-6,13,17H,1-2H3. The van der Waals surface area contributed by atoms with E-state index in [0.717, 1.165) is 0 Å². The van der Waals surface area contributed by atoms with Crippen LogP contribution in [0.5, 0.6) is 0 Å². The fraction of sp³-hybridized carbons (Fsp3) is 0.214. The monoisotopic (exact) mass is 282 g/mol. The Bertz CT molecular complexity index is 649. The molecule has 0 aliphatic heterocycles. The van der Waals surface area contributed by atoms with Crippen LogP contribution in [0.1, 0.15) is 33.5 Å². The van der Waals surface area contributed by atoms with Crippen LogP contribution in [0, 0.1) is 18.6 Å².